The van der Waals surface area contributed by atoms with Gasteiger partial charge < -0.3 is 15.4 Å². The topological polar surface area (TPSA) is 76.6 Å². The standard InChI is InChI=1S/C16H18FN5OS2/c1-9-12(17)13(23-2)20-15(19-9)22-6-10-7-25-14(18)21-16(10,8-22)11-4-3-5-24-11/h3-5,10H,6-8H2,1-2H3,(H2,18,21). The second-order valence-corrected chi connectivity index (χ2v) is 8.16. The van der Waals surface area contributed by atoms with Gasteiger partial charge in [-0.25, -0.2) is 9.98 Å². The van der Waals surface area contributed by atoms with Crippen molar-refractivity contribution < 1.29 is 9.13 Å². The first-order chi connectivity index (χ1) is 12.0. The van der Waals surface area contributed by atoms with E-state index in [4.69, 9.17) is 15.5 Å². The zero-order valence-electron chi connectivity index (χ0n) is 13.9. The van der Waals surface area contributed by atoms with E-state index in [1.54, 1.807) is 30.0 Å². The highest BCUT2D eigenvalue weighted by molar-refractivity contribution is 8.13. The van der Waals surface area contributed by atoms with E-state index in [0.717, 1.165) is 12.3 Å². The van der Waals surface area contributed by atoms with E-state index in [0.29, 0.717) is 23.6 Å². The zero-order valence-corrected chi connectivity index (χ0v) is 15.5. The molecule has 2 aromatic rings. The van der Waals surface area contributed by atoms with Gasteiger partial charge in [0.15, 0.2) is 5.17 Å². The Bertz CT molecular complexity index is 828. The predicted molar refractivity (Wildman–Crippen MR) is 99.1 cm³/mol. The number of thiophene rings is 1. The molecule has 2 unspecified atom stereocenters. The lowest BCUT2D eigenvalue weighted by Crippen LogP contribution is -2.39. The lowest BCUT2D eigenvalue weighted by molar-refractivity contribution is 0.365. The molecule has 4 heterocycles. The minimum Gasteiger partial charge on any atom is -0.479 e. The van der Waals surface area contributed by atoms with Crippen LogP contribution in [0.3, 0.4) is 0 Å². The molecule has 2 N–H and O–H groups in total. The Morgan fingerprint density at radius 2 is 2.28 bits per heavy atom. The molecule has 0 spiro atoms. The molecule has 132 valence electrons. The monoisotopic (exact) mass is 379 g/mol. The molecule has 0 bridgehead atoms. The van der Waals surface area contributed by atoms with Crippen molar-refractivity contribution in [2.24, 2.45) is 16.6 Å². The molecule has 9 heteroatoms. The summed E-state index contributed by atoms with van der Waals surface area (Å²) in [6.07, 6.45) is 0. The number of rotatable bonds is 3. The molecule has 1 saturated heterocycles. The Balaban J connectivity index is 1.75. The van der Waals surface area contributed by atoms with Crippen molar-refractivity contribution in [3.63, 3.8) is 0 Å². The Labute approximate surface area is 153 Å². The third-order valence-electron chi connectivity index (χ3n) is 4.69. The molecule has 0 aliphatic carbocycles. The van der Waals surface area contributed by atoms with Crippen LogP contribution in [0.5, 0.6) is 5.88 Å². The minimum absolute atomic E-state index is 0.0278. The van der Waals surface area contributed by atoms with Gasteiger partial charge in [0, 0.05) is 23.1 Å². The van der Waals surface area contributed by atoms with E-state index in [-0.39, 0.29) is 17.1 Å². The van der Waals surface area contributed by atoms with Crippen molar-refractivity contribution >= 4 is 34.2 Å². The van der Waals surface area contributed by atoms with Crippen molar-refractivity contribution in [3.05, 3.63) is 33.9 Å². The van der Waals surface area contributed by atoms with Crippen LogP contribution in [0.4, 0.5) is 10.3 Å². The number of thioether (sulfide) groups is 1. The highest BCUT2D eigenvalue weighted by atomic mass is 32.2. The van der Waals surface area contributed by atoms with Gasteiger partial charge in [0.2, 0.25) is 11.8 Å². The van der Waals surface area contributed by atoms with E-state index in [9.17, 15) is 4.39 Å². The van der Waals surface area contributed by atoms with E-state index in [1.165, 1.54) is 12.0 Å². The molecule has 1 fully saturated rings. The Kier molecular flexibility index (Phi) is 4.07. The summed E-state index contributed by atoms with van der Waals surface area (Å²) >= 11 is 3.27. The highest BCUT2D eigenvalue weighted by Gasteiger charge is 2.51. The number of halogens is 1. The van der Waals surface area contributed by atoms with Gasteiger partial charge in [0.25, 0.3) is 5.88 Å². The first kappa shape index (κ1) is 16.6. The van der Waals surface area contributed by atoms with Gasteiger partial charge in [-0.3, -0.25) is 0 Å². The molecule has 2 aliphatic heterocycles. The van der Waals surface area contributed by atoms with Crippen LogP contribution >= 0.6 is 23.1 Å². The predicted octanol–water partition coefficient (Wildman–Crippen LogP) is 2.39. The Morgan fingerprint density at radius 3 is 3.00 bits per heavy atom. The average molecular weight is 379 g/mol. The van der Waals surface area contributed by atoms with Crippen LogP contribution in [-0.2, 0) is 5.54 Å². The number of amidine groups is 1. The van der Waals surface area contributed by atoms with Gasteiger partial charge in [-0.05, 0) is 18.4 Å². The summed E-state index contributed by atoms with van der Waals surface area (Å²) in [5, 5.41) is 2.67. The molecule has 2 aromatic heterocycles. The molecular weight excluding hydrogens is 361 g/mol. The molecule has 25 heavy (non-hydrogen) atoms. The summed E-state index contributed by atoms with van der Waals surface area (Å²) in [6, 6.07) is 4.13. The van der Waals surface area contributed by atoms with Crippen LogP contribution in [0, 0.1) is 18.7 Å². The van der Waals surface area contributed by atoms with Crippen molar-refractivity contribution in [1.82, 2.24) is 9.97 Å². The number of aryl methyl sites for hydroxylation is 1. The summed E-state index contributed by atoms with van der Waals surface area (Å²) in [4.78, 5) is 16.7. The van der Waals surface area contributed by atoms with Crippen LogP contribution in [0.1, 0.15) is 10.6 Å². The largest absolute Gasteiger partial charge is 0.479 e. The van der Waals surface area contributed by atoms with Crippen LogP contribution in [0.25, 0.3) is 0 Å². The number of fused-ring (bicyclic) bond motifs is 1. The van der Waals surface area contributed by atoms with E-state index in [2.05, 4.69) is 26.3 Å². The van der Waals surface area contributed by atoms with Gasteiger partial charge in [0.1, 0.15) is 5.54 Å². The van der Waals surface area contributed by atoms with Crippen LogP contribution in [0.15, 0.2) is 22.5 Å². The lowest BCUT2D eigenvalue weighted by atomic mass is 9.87. The molecule has 4 rings (SSSR count). The summed E-state index contributed by atoms with van der Waals surface area (Å²) in [5.41, 5.74) is 5.94. The number of hydrogen-bond donors (Lipinski definition) is 1. The summed E-state index contributed by atoms with van der Waals surface area (Å²) in [6.45, 7) is 2.98. The maximum absolute atomic E-state index is 14.0. The lowest BCUT2D eigenvalue weighted by Gasteiger charge is -2.33. The number of aliphatic imine (C=N–C) groups is 1. The number of nitrogens with zero attached hydrogens (tertiary/aromatic N) is 4. The quantitative estimate of drug-likeness (QED) is 0.882. The van der Waals surface area contributed by atoms with Crippen LogP contribution in [-0.4, -0.2) is 41.1 Å². The first-order valence-electron chi connectivity index (χ1n) is 7.88. The SMILES string of the molecule is COc1nc(N2CC3CSC(N)=NC3(c3cccs3)C2)nc(C)c1F. The second-order valence-electron chi connectivity index (χ2n) is 6.17. The molecule has 0 aromatic carbocycles. The normalized spacial score (nSPS) is 25.6. The van der Waals surface area contributed by atoms with Gasteiger partial charge >= 0.3 is 0 Å². The first-order valence-corrected chi connectivity index (χ1v) is 9.75. The van der Waals surface area contributed by atoms with E-state index >= 15 is 0 Å². The molecule has 2 aliphatic rings. The summed E-state index contributed by atoms with van der Waals surface area (Å²) in [7, 11) is 1.41. The second kappa shape index (κ2) is 6.14. The summed E-state index contributed by atoms with van der Waals surface area (Å²) < 4.78 is 19.1. The van der Waals surface area contributed by atoms with Gasteiger partial charge in [0.05, 0.1) is 19.3 Å². The minimum atomic E-state index is -0.520. The fraction of sp³-hybridized carbons (Fsp3) is 0.438. The van der Waals surface area contributed by atoms with Crippen LogP contribution < -0.4 is 15.4 Å². The smallest absolute Gasteiger partial charge is 0.255 e. The molecular formula is C16H18FN5OS2. The fourth-order valence-corrected chi connectivity index (χ4v) is 5.36. The van der Waals surface area contributed by atoms with Crippen LogP contribution in [0.2, 0.25) is 0 Å². The maximum atomic E-state index is 14.0. The third-order valence-corrected chi connectivity index (χ3v) is 6.68. The number of aromatic nitrogens is 2. The number of nitrogens with two attached hydrogens (primary N) is 1. The summed E-state index contributed by atoms with van der Waals surface area (Å²) in [5.74, 6) is 1.11. The van der Waals surface area contributed by atoms with E-state index < -0.39 is 5.82 Å². The molecule has 0 radical (unpaired) electrons. The van der Waals surface area contributed by atoms with Crippen molar-refractivity contribution in [1.29, 1.82) is 0 Å². The number of methoxy groups -OCH3 is 1. The highest BCUT2D eigenvalue weighted by Crippen LogP contribution is 2.47. The van der Waals surface area contributed by atoms with E-state index in [1.807, 2.05) is 6.07 Å². The molecule has 0 amide bonds. The van der Waals surface area contributed by atoms with Crippen molar-refractivity contribution in [3.8, 4) is 5.88 Å². The van der Waals surface area contributed by atoms with Crippen molar-refractivity contribution in [2.75, 3.05) is 30.9 Å². The van der Waals surface area contributed by atoms with Gasteiger partial charge in [-0.2, -0.15) is 9.37 Å². The molecule has 2 atom stereocenters. The molecule has 0 saturated carbocycles. The Morgan fingerprint density at radius 1 is 1.44 bits per heavy atom. The molecule has 6 nitrogen and oxygen atoms in total. The Hall–Kier alpha value is -1.87. The van der Waals surface area contributed by atoms with Gasteiger partial charge in [-0.15, -0.1) is 11.3 Å². The maximum Gasteiger partial charge on any atom is 0.255 e. The number of anilines is 1. The fourth-order valence-electron chi connectivity index (χ4n) is 3.44. The third kappa shape index (κ3) is 2.65. The zero-order chi connectivity index (χ0) is 17.6. The average Bonchev–Trinajstić information content (AvgIpc) is 3.24. The van der Waals surface area contributed by atoms with Gasteiger partial charge in [-0.1, -0.05) is 17.8 Å². The number of ether oxygens (including phenoxy) is 1. The van der Waals surface area contributed by atoms with Crippen molar-refractivity contribution in [2.45, 2.75) is 12.5 Å². The number of hydrogen-bond acceptors (Lipinski definition) is 8.